The van der Waals surface area contributed by atoms with Crippen molar-refractivity contribution in [3.63, 3.8) is 0 Å². The van der Waals surface area contributed by atoms with Gasteiger partial charge in [-0.15, -0.1) is 0 Å². The Bertz CT molecular complexity index is 2530. The Morgan fingerprint density at radius 2 is 1.31 bits per heavy atom. The number of H-pyrrole nitrogens is 2. The highest BCUT2D eigenvalue weighted by molar-refractivity contribution is 7.80. The lowest BCUT2D eigenvalue weighted by molar-refractivity contribution is -0.145. The zero-order valence-corrected chi connectivity index (χ0v) is 43.6. The minimum Gasteiger partial charge on any atom is -0.481 e. The van der Waals surface area contributed by atoms with Crippen LogP contribution in [0.25, 0.3) is 10.9 Å². The van der Waals surface area contributed by atoms with E-state index in [4.69, 9.17) is 5.73 Å². The van der Waals surface area contributed by atoms with Crippen molar-refractivity contribution in [2.75, 3.05) is 24.6 Å². The van der Waals surface area contributed by atoms with Gasteiger partial charge in [-0.25, -0.2) is 9.78 Å². The van der Waals surface area contributed by atoms with Gasteiger partial charge in [0.1, 0.15) is 48.3 Å². The van der Waals surface area contributed by atoms with Crippen LogP contribution in [0.5, 0.6) is 0 Å². The van der Waals surface area contributed by atoms with E-state index in [1.54, 1.807) is 44.3 Å². The Morgan fingerprint density at radius 3 is 1.88 bits per heavy atom. The molecule has 0 spiro atoms. The number of amides is 8. The summed E-state index contributed by atoms with van der Waals surface area (Å²) >= 11 is 8.04. The number of aromatic amines is 2. The molecular weight excluding hydrogens is 1020 g/mol. The molecule has 4 heterocycles. The summed E-state index contributed by atoms with van der Waals surface area (Å²) < 4.78 is 0. The maximum Gasteiger partial charge on any atom is 0.327 e. The van der Waals surface area contributed by atoms with Crippen LogP contribution in [0.15, 0.2) is 43.0 Å². The Hall–Kier alpha value is -6.71. The summed E-state index contributed by atoms with van der Waals surface area (Å²) in [5.41, 5.74) is 7.70. The van der Waals surface area contributed by atoms with Crippen LogP contribution in [0.4, 0.5) is 0 Å². The largest absolute Gasteiger partial charge is 0.481 e. The lowest BCUT2D eigenvalue weighted by Gasteiger charge is -2.33. The number of rotatable bonds is 27. The van der Waals surface area contributed by atoms with Gasteiger partial charge >= 0.3 is 11.9 Å². The zero-order valence-electron chi connectivity index (χ0n) is 41.8. The first-order chi connectivity index (χ1) is 35.6. The molecule has 10 atom stereocenters. The summed E-state index contributed by atoms with van der Waals surface area (Å²) in [5.74, 6) is -9.50. The highest BCUT2D eigenvalue weighted by atomic mass is 32.1. The van der Waals surface area contributed by atoms with Crippen molar-refractivity contribution in [1.82, 2.24) is 56.7 Å². The van der Waals surface area contributed by atoms with Gasteiger partial charge in [0.25, 0.3) is 0 Å². The number of nitrogens with zero attached hydrogens (tertiary/aromatic N) is 3. The Balaban J connectivity index is 1.33. The van der Waals surface area contributed by atoms with Gasteiger partial charge in [-0.3, -0.25) is 43.2 Å². The number of carboxylic acids is 2. The average molecular weight is 1090 g/mol. The van der Waals surface area contributed by atoms with Crippen LogP contribution in [0, 0.1) is 5.92 Å². The molecule has 13 N–H and O–H groups in total. The number of nitrogens with one attached hydrogen (secondary N) is 8. The van der Waals surface area contributed by atoms with E-state index in [1.165, 1.54) is 29.2 Å². The van der Waals surface area contributed by atoms with Gasteiger partial charge in [-0.2, -0.15) is 25.3 Å². The standard InChI is InChI=1S/C48H68N12O13S2/c1-24(2)16-32(54-44(68)36-10-6-14-59(36)46(70)34(18-27-20-50-23-52-27)56-40(64)29(49)21-74)43(67)58-39(25(3)61)47(71)60-15-7-11-37(60)45(69)55-33(17-26-19-51-30-9-5-4-8-28(26)30)42(66)53-31(12-13-38(62)63)41(65)57-35(22-75)48(72)73/h4-5,8-9,19-20,23-25,29,31-37,39,51,61,74-75H,6-7,10-18,21-22,49H2,1-3H3,(H,50,52)(H,53,66)(H,54,68)(H,55,69)(H,56,64)(H,57,65)(H,58,67)(H,62,63)(H,72,73)/t25-,29+,31+,32+,33+,34+,35+,36+,37+,39+/m1/s1. The minimum absolute atomic E-state index is 0.00272. The van der Waals surface area contributed by atoms with Gasteiger partial charge < -0.3 is 72.7 Å². The third kappa shape index (κ3) is 16.1. The second kappa shape index (κ2) is 27.7. The summed E-state index contributed by atoms with van der Waals surface area (Å²) in [6, 6.07) is -4.71. The molecule has 2 aliphatic heterocycles. The molecule has 0 bridgehead atoms. The molecule has 0 unspecified atom stereocenters. The van der Waals surface area contributed by atoms with Crippen LogP contribution >= 0.6 is 25.3 Å². The third-order valence-corrected chi connectivity index (χ3v) is 13.8. The van der Waals surface area contributed by atoms with E-state index in [0.717, 1.165) is 0 Å². The first-order valence-corrected chi connectivity index (χ1v) is 26.0. The predicted molar refractivity (Wildman–Crippen MR) is 277 cm³/mol. The zero-order chi connectivity index (χ0) is 55.1. The normalized spacial score (nSPS) is 18.7. The summed E-state index contributed by atoms with van der Waals surface area (Å²) in [4.78, 5) is 147. The second-order valence-corrected chi connectivity index (χ2v) is 19.9. The fraction of sp³-hybridized carbons (Fsp3) is 0.562. The number of thiol groups is 2. The Morgan fingerprint density at radius 1 is 0.720 bits per heavy atom. The molecule has 2 aromatic heterocycles. The number of aliphatic hydroxyl groups is 1. The van der Waals surface area contributed by atoms with E-state index < -0.39 is 133 Å². The van der Waals surface area contributed by atoms with Crippen molar-refractivity contribution in [1.29, 1.82) is 0 Å². The van der Waals surface area contributed by atoms with Crippen LogP contribution in [0.2, 0.25) is 0 Å². The van der Waals surface area contributed by atoms with Crippen LogP contribution in [0.3, 0.4) is 0 Å². The molecule has 25 nitrogen and oxygen atoms in total. The molecule has 3 aromatic rings. The van der Waals surface area contributed by atoms with Gasteiger partial charge in [0.15, 0.2) is 0 Å². The number of nitrogens with two attached hydrogens (primary N) is 1. The quantitative estimate of drug-likeness (QED) is 0.0372. The highest BCUT2D eigenvalue weighted by Gasteiger charge is 2.43. The number of aliphatic carboxylic acids is 2. The highest BCUT2D eigenvalue weighted by Crippen LogP contribution is 2.24. The van der Waals surface area contributed by atoms with Gasteiger partial charge in [-0.05, 0) is 63.0 Å². The number of fused-ring (bicyclic) bond motifs is 1. The number of carbonyl (C=O) groups excluding carboxylic acids is 8. The number of hydrogen-bond donors (Lipinski definition) is 14. The molecule has 410 valence electrons. The lowest BCUT2D eigenvalue weighted by atomic mass is 10.0. The molecule has 1 aromatic carbocycles. The number of hydrogen-bond acceptors (Lipinski definition) is 15. The van der Waals surface area contributed by atoms with Crippen LogP contribution in [0.1, 0.15) is 77.0 Å². The number of imidazole rings is 1. The molecule has 8 amide bonds. The van der Waals surface area contributed by atoms with E-state index in [2.05, 4.69) is 72.1 Å². The number of para-hydroxylation sites is 1. The molecule has 2 aliphatic rings. The Kier molecular flexibility index (Phi) is 21.9. The summed E-state index contributed by atoms with van der Waals surface area (Å²) in [6.07, 6.45) is 2.94. The van der Waals surface area contributed by atoms with Gasteiger partial charge in [0, 0.05) is 72.8 Å². The van der Waals surface area contributed by atoms with Crippen molar-refractivity contribution in [3.8, 4) is 0 Å². The van der Waals surface area contributed by atoms with E-state index in [9.17, 15) is 63.3 Å². The molecular formula is C48H68N12O13S2. The van der Waals surface area contributed by atoms with Gasteiger partial charge in [0.05, 0.1) is 18.5 Å². The van der Waals surface area contributed by atoms with Crippen LogP contribution in [-0.4, -0.2) is 184 Å². The van der Waals surface area contributed by atoms with Gasteiger partial charge in [0.2, 0.25) is 47.3 Å². The van der Waals surface area contributed by atoms with Crippen LogP contribution < -0.4 is 37.6 Å². The second-order valence-electron chi connectivity index (χ2n) is 19.1. The van der Waals surface area contributed by atoms with E-state index in [-0.39, 0.29) is 62.6 Å². The van der Waals surface area contributed by atoms with Crippen molar-refractivity contribution in [2.45, 2.75) is 139 Å². The van der Waals surface area contributed by atoms with Crippen molar-refractivity contribution < 1.29 is 63.3 Å². The van der Waals surface area contributed by atoms with Crippen molar-refractivity contribution >= 4 is 95.4 Å². The monoisotopic (exact) mass is 1080 g/mol. The molecule has 2 saturated heterocycles. The minimum atomic E-state index is -1.64. The predicted octanol–water partition coefficient (Wildman–Crippen LogP) is -1.87. The molecule has 27 heteroatoms. The molecule has 5 rings (SSSR count). The molecule has 75 heavy (non-hydrogen) atoms. The van der Waals surface area contributed by atoms with E-state index >= 15 is 0 Å². The molecule has 0 aliphatic carbocycles. The molecule has 2 fully saturated rings. The number of likely N-dealkylation sites (tertiary alicyclic amines) is 2. The third-order valence-electron chi connectivity index (χ3n) is 13.0. The van der Waals surface area contributed by atoms with E-state index in [0.29, 0.717) is 35.0 Å². The number of carboxylic acid groups (broad SMARTS) is 2. The van der Waals surface area contributed by atoms with E-state index in [1.807, 2.05) is 0 Å². The molecule has 0 radical (unpaired) electrons. The fourth-order valence-electron chi connectivity index (χ4n) is 9.04. The van der Waals surface area contributed by atoms with Crippen molar-refractivity contribution in [2.24, 2.45) is 11.7 Å². The number of aromatic nitrogens is 3. The molecule has 0 saturated carbocycles. The first-order valence-electron chi connectivity index (χ1n) is 24.7. The smallest absolute Gasteiger partial charge is 0.327 e. The fourth-order valence-corrected chi connectivity index (χ4v) is 9.45. The van der Waals surface area contributed by atoms with Crippen LogP contribution in [-0.2, 0) is 60.8 Å². The number of aliphatic hydroxyl groups excluding tert-OH is 1. The SMILES string of the molecule is CC(C)C[C@H](NC(=O)[C@@H]1CCCN1C(=O)[C@H](Cc1cnc[nH]1)NC(=O)[C@@H](N)CS)C(=O)N[C@H](C(=O)N1CCC[C@H]1C(=O)N[C@@H](Cc1c[nH]c2ccccc12)C(=O)N[C@@H](CCC(=O)O)C(=O)N[C@@H](CS)C(=O)O)[C@@H](C)O. The first kappa shape index (κ1) is 59.2. The maximum absolute atomic E-state index is 14.4. The topological polar surface area (TPSA) is 381 Å². The average Bonchev–Trinajstić information content (AvgIpc) is 4.23. The summed E-state index contributed by atoms with van der Waals surface area (Å²) in [6.45, 7) is 5.04. The van der Waals surface area contributed by atoms with Crippen molar-refractivity contribution in [3.05, 3.63) is 54.2 Å². The number of carbonyl (C=O) groups is 10. The number of benzene rings is 1. The summed E-state index contributed by atoms with van der Waals surface area (Å²) in [5, 5.41) is 46.1. The Labute approximate surface area is 443 Å². The summed E-state index contributed by atoms with van der Waals surface area (Å²) in [7, 11) is 0. The maximum atomic E-state index is 14.4. The lowest BCUT2D eigenvalue weighted by Crippen LogP contribution is -2.62. The van der Waals surface area contributed by atoms with Gasteiger partial charge in [-0.1, -0.05) is 32.0 Å².